The van der Waals surface area contributed by atoms with Gasteiger partial charge in [-0.2, -0.15) is 0 Å². The SMILES string of the molecule is O=C(O)C1CCC(O)(COc2ccccc2)C1. The van der Waals surface area contributed by atoms with Crippen molar-refractivity contribution in [2.45, 2.75) is 24.9 Å². The Kier molecular flexibility index (Phi) is 3.33. The number of aliphatic carboxylic acids is 1. The number of rotatable bonds is 4. The first-order chi connectivity index (χ1) is 8.09. The lowest BCUT2D eigenvalue weighted by molar-refractivity contribution is -0.142. The summed E-state index contributed by atoms with van der Waals surface area (Å²) >= 11 is 0. The van der Waals surface area contributed by atoms with Crippen LogP contribution in [0.5, 0.6) is 5.75 Å². The summed E-state index contributed by atoms with van der Waals surface area (Å²) in [7, 11) is 0. The number of para-hydroxylation sites is 1. The fourth-order valence-electron chi connectivity index (χ4n) is 2.18. The van der Waals surface area contributed by atoms with Crippen LogP contribution in [-0.4, -0.2) is 28.4 Å². The Hall–Kier alpha value is -1.55. The number of carbonyl (C=O) groups is 1. The van der Waals surface area contributed by atoms with Crippen LogP contribution in [0.15, 0.2) is 30.3 Å². The van der Waals surface area contributed by atoms with E-state index >= 15 is 0 Å². The summed E-state index contributed by atoms with van der Waals surface area (Å²) in [5, 5.41) is 19.1. The highest BCUT2D eigenvalue weighted by atomic mass is 16.5. The molecule has 0 amide bonds. The van der Waals surface area contributed by atoms with Crippen LogP contribution in [0.4, 0.5) is 0 Å². The highest BCUT2D eigenvalue weighted by Crippen LogP contribution is 2.35. The molecule has 1 aliphatic rings. The van der Waals surface area contributed by atoms with Crippen molar-refractivity contribution in [1.82, 2.24) is 0 Å². The maximum Gasteiger partial charge on any atom is 0.306 e. The Bertz CT molecular complexity index is 390. The van der Waals surface area contributed by atoms with Gasteiger partial charge in [-0.05, 0) is 31.4 Å². The summed E-state index contributed by atoms with van der Waals surface area (Å²) in [6.45, 7) is 0.154. The zero-order chi connectivity index (χ0) is 12.3. The highest BCUT2D eigenvalue weighted by Gasteiger charge is 2.41. The largest absolute Gasteiger partial charge is 0.491 e. The summed E-state index contributed by atoms with van der Waals surface area (Å²) in [6, 6.07) is 9.22. The van der Waals surface area contributed by atoms with Gasteiger partial charge in [0.25, 0.3) is 0 Å². The topological polar surface area (TPSA) is 66.8 Å². The van der Waals surface area contributed by atoms with Crippen LogP contribution in [0, 0.1) is 5.92 Å². The van der Waals surface area contributed by atoms with Crippen LogP contribution in [0.2, 0.25) is 0 Å². The summed E-state index contributed by atoms with van der Waals surface area (Å²) in [5.41, 5.74) is -1.00. The van der Waals surface area contributed by atoms with Crippen molar-refractivity contribution in [3.8, 4) is 5.75 Å². The van der Waals surface area contributed by atoms with Gasteiger partial charge in [0.1, 0.15) is 12.4 Å². The molecule has 1 fully saturated rings. The highest BCUT2D eigenvalue weighted by molar-refractivity contribution is 5.70. The summed E-state index contributed by atoms with van der Waals surface area (Å²) in [5.74, 6) is -0.584. The second-order valence-electron chi connectivity index (χ2n) is 4.60. The van der Waals surface area contributed by atoms with Crippen molar-refractivity contribution in [2.75, 3.05) is 6.61 Å². The van der Waals surface area contributed by atoms with Gasteiger partial charge in [0, 0.05) is 0 Å². The van der Waals surface area contributed by atoms with Crippen LogP contribution in [0.3, 0.4) is 0 Å². The van der Waals surface area contributed by atoms with Gasteiger partial charge in [-0.3, -0.25) is 4.79 Å². The Labute approximate surface area is 99.8 Å². The molecule has 0 radical (unpaired) electrons. The molecule has 0 aliphatic heterocycles. The van der Waals surface area contributed by atoms with E-state index in [2.05, 4.69) is 0 Å². The van der Waals surface area contributed by atoms with E-state index in [4.69, 9.17) is 9.84 Å². The monoisotopic (exact) mass is 236 g/mol. The molecule has 1 aliphatic carbocycles. The Morgan fingerprint density at radius 1 is 1.41 bits per heavy atom. The summed E-state index contributed by atoms with van der Waals surface area (Å²) in [6.07, 6.45) is 1.27. The molecule has 2 unspecified atom stereocenters. The van der Waals surface area contributed by atoms with Gasteiger partial charge in [-0.15, -0.1) is 0 Å². The van der Waals surface area contributed by atoms with Crippen LogP contribution in [0.25, 0.3) is 0 Å². The first-order valence-electron chi connectivity index (χ1n) is 5.72. The zero-order valence-electron chi connectivity index (χ0n) is 9.50. The van der Waals surface area contributed by atoms with Gasteiger partial charge in [0.2, 0.25) is 0 Å². The molecule has 0 heterocycles. The number of benzene rings is 1. The average Bonchev–Trinajstić information content (AvgIpc) is 2.72. The van der Waals surface area contributed by atoms with Gasteiger partial charge in [0.05, 0.1) is 11.5 Å². The first-order valence-corrected chi connectivity index (χ1v) is 5.72. The predicted octanol–water partition coefficient (Wildman–Crippen LogP) is 1.68. The van der Waals surface area contributed by atoms with Crippen molar-refractivity contribution in [3.05, 3.63) is 30.3 Å². The molecule has 1 aromatic carbocycles. The van der Waals surface area contributed by atoms with Crippen molar-refractivity contribution in [3.63, 3.8) is 0 Å². The summed E-state index contributed by atoms with van der Waals surface area (Å²) in [4.78, 5) is 10.8. The van der Waals surface area contributed by atoms with Crippen LogP contribution >= 0.6 is 0 Å². The fraction of sp³-hybridized carbons (Fsp3) is 0.462. The van der Waals surface area contributed by atoms with Crippen molar-refractivity contribution >= 4 is 5.97 Å². The van der Waals surface area contributed by atoms with Crippen LogP contribution < -0.4 is 4.74 Å². The number of ether oxygens (including phenoxy) is 1. The molecule has 2 rings (SSSR count). The molecule has 0 aromatic heterocycles. The fourth-order valence-corrected chi connectivity index (χ4v) is 2.18. The Morgan fingerprint density at radius 3 is 2.71 bits per heavy atom. The van der Waals surface area contributed by atoms with Crippen molar-refractivity contribution in [1.29, 1.82) is 0 Å². The molecule has 1 aromatic rings. The lowest BCUT2D eigenvalue weighted by Crippen LogP contribution is -2.33. The average molecular weight is 236 g/mol. The van der Waals surface area contributed by atoms with Gasteiger partial charge in [0.15, 0.2) is 0 Å². The molecular formula is C13H16O4. The third-order valence-corrected chi connectivity index (χ3v) is 3.18. The normalized spacial score (nSPS) is 27.9. The summed E-state index contributed by atoms with van der Waals surface area (Å²) < 4.78 is 5.48. The standard InChI is InChI=1S/C13H16O4/c14-12(15)10-6-7-13(16,8-10)9-17-11-4-2-1-3-5-11/h1-5,10,16H,6-9H2,(H,14,15). The van der Waals surface area contributed by atoms with E-state index in [9.17, 15) is 9.90 Å². The third-order valence-electron chi connectivity index (χ3n) is 3.18. The predicted molar refractivity (Wildman–Crippen MR) is 61.9 cm³/mol. The lowest BCUT2D eigenvalue weighted by atomic mass is 10.0. The van der Waals surface area contributed by atoms with E-state index in [0.717, 1.165) is 0 Å². The van der Waals surface area contributed by atoms with Gasteiger partial charge < -0.3 is 14.9 Å². The van der Waals surface area contributed by atoms with Gasteiger partial charge >= 0.3 is 5.97 Å². The zero-order valence-corrected chi connectivity index (χ0v) is 9.50. The van der Waals surface area contributed by atoms with Crippen molar-refractivity contribution < 1.29 is 19.7 Å². The van der Waals surface area contributed by atoms with Gasteiger partial charge in [-0.25, -0.2) is 0 Å². The molecule has 17 heavy (non-hydrogen) atoms. The van der Waals surface area contributed by atoms with Crippen LogP contribution in [0.1, 0.15) is 19.3 Å². The van der Waals surface area contributed by atoms with E-state index in [0.29, 0.717) is 18.6 Å². The number of hydrogen-bond donors (Lipinski definition) is 2. The second kappa shape index (κ2) is 4.75. The molecule has 0 bridgehead atoms. The Balaban J connectivity index is 1.89. The maximum atomic E-state index is 10.8. The smallest absolute Gasteiger partial charge is 0.306 e. The maximum absolute atomic E-state index is 10.8. The first kappa shape index (κ1) is 11.9. The number of aliphatic hydroxyl groups is 1. The molecule has 0 spiro atoms. The van der Waals surface area contributed by atoms with Crippen LogP contribution in [-0.2, 0) is 4.79 Å². The molecule has 92 valence electrons. The number of carboxylic acids is 1. The third kappa shape index (κ3) is 2.97. The van der Waals surface area contributed by atoms with Crippen molar-refractivity contribution in [2.24, 2.45) is 5.92 Å². The molecule has 2 atom stereocenters. The minimum atomic E-state index is -1.00. The molecule has 1 saturated carbocycles. The lowest BCUT2D eigenvalue weighted by Gasteiger charge is -2.22. The second-order valence-corrected chi connectivity index (χ2v) is 4.60. The molecule has 4 nitrogen and oxygen atoms in total. The van der Waals surface area contributed by atoms with E-state index in [-0.39, 0.29) is 13.0 Å². The van der Waals surface area contributed by atoms with E-state index < -0.39 is 17.5 Å². The molecule has 4 heteroatoms. The van der Waals surface area contributed by atoms with E-state index in [1.54, 1.807) is 0 Å². The van der Waals surface area contributed by atoms with E-state index in [1.165, 1.54) is 0 Å². The quantitative estimate of drug-likeness (QED) is 0.834. The molecule has 2 N–H and O–H groups in total. The van der Waals surface area contributed by atoms with Gasteiger partial charge in [-0.1, -0.05) is 18.2 Å². The number of hydrogen-bond acceptors (Lipinski definition) is 3. The molecule has 0 saturated heterocycles. The Morgan fingerprint density at radius 2 is 2.12 bits per heavy atom. The minimum absolute atomic E-state index is 0.154. The molecular weight excluding hydrogens is 220 g/mol. The number of carboxylic acid groups (broad SMARTS) is 1. The minimum Gasteiger partial charge on any atom is -0.491 e. The van der Waals surface area contributed by atoms with E-state index in [1.807, 2.05) is 30.3 Å².